The average Bonchev–Trinajstić information content (AvgIpc) is 2.90. The molecular formula is C16H20ClN3O. The van der Waals surface area contributed by atoms with E-state index in [4.69, 9.17) is 11.6 Å². The van der Waals surface area contributed by atoms with E-state index in [9.17, 15) is 4.79 Å². The highest BCUT2D eigenvalue weighted by Gasteiger charge is 2.15. The number of nitrogens with one attached hydrogen (secondary N) is 1. The first-order valence-electron chi connectivity index (χ1n) is 7.21. The Morgan fingerprint density at radius 3 is 2.52 bits per heavy atom. The van der Waals surface area contributed by atoms with Crippen molar-refractivity contribution in [3.63, 3.8) is 0 Å². The summed E-state index contributed by atoms with van der Waals surface area (Å²) in [5, 5.41) is 7.96. The maximum absolute atomic E-state index is 12.0. The molecule has 0 radical (unpaired) electrons. The number of aromatic nitrogens is 2. The zero-order valence-corrected chi connectivity index (χ0v) is 13.1. The van der Waals surface area contributed by atoms with Crippen LogP contribution in [-0.4, -0.2) is 15.7 Å². The van der Waals surface area contributed by atoms with Gasteiger partial charge in [-0.1, -0.05) is 37.6 Å². The third-order valence-corrected chi connectivity index (χ3v) is 3.76. The zero-order valence-electron chi connectivity index (χ0n) is 12.3. The van der Waals surface area contributed by atoms with Gasteiger partial charge in [0.1, 0.15) is 0 Å². The fourth-order valence-electron chi connectivity index (χ4n) is 2.18. The number of anilines is 1. The van der Waals surface area contributed by atoms with Gasteiger partial charge >= 0.3 is 0 Å². The number of carbonyl (C=O) groups is 1. The topological polar surface area (TPSA) is 46.9 Å². The maximum atomic E-state index is 12.0. The van der Waals surface area contributed by atoms with Gasteiger partial charge in [-0.3, -0.25) is 9.48 Å². The predicted octanol–water partition coefficient (Wildman–Crippen LogP) is 3.96. The van der Waals surface area contributed by atoms with Crippen molar-refractivity contribution in [2.45, 2.75) is 33.2 Å². The first-order valence-corrected chi connectivity index (χ1v) is 7.59. The molecule has 0 saturated carbocycles. The lowest BCUT2D eigenvalue weighted by molar-refractivity contribution is -0.120. The highest BCUT2D eigenvalue weighted by atomic mass is 35.5. The molecule has 0 unspecified atom stereocenters. The van der Waals surface area contributed by atoms with Crippen molar-refractivity contribution in [1.29, 1.82) is 0 Å². The molecule has 1 aromatic heterocycles. The summed E-state index contributed by atoms with van der Waals surface area (Å²) in [4.78, 5) is 12.0. The number of rotatable bonds is 6. The molecule has 0 aliphatic carbocycles. The molecule has 0 aliphatic heterocycles. The lowest BCUT2D eigenvalue weighted by Crippen LogP contribution is -2.22. The Kier molecular flexibility index (Phi) is 5.39. The largest absolute Gasteiger partial charge is 0.309 e. The number of hydrogen-bond acceptors (Lipinski definition) is 2. The molecule has 1 heterocycles. The summed E-state index contributed by atoms with van der Waals surface area (Å²) in [6.45, 7) is 4.69. The second-order valence-corrected chi connectivity index (χ2v) is 5.46. The van der Waals surface area contributed by atoms with Crippen molar-refractivity contribution >= 4 is 23.3 Å². The van der Waals surface area contributed by atoms with E-state index in [0.717, 1.165) is 23.4 Å². The van der Waals surface area contributed by atoms with E-state index in [-0.39, 0.29) is 11.8 Å². The molecule has 2 rings (SSSR count). The van der Waals surface area contributed by atoms with Crippen LogP contribution in [0.15, 0.2) is 36.5 Å². The standard InChI is InChI=1S/C16H20ClN3O/c1-3-13(4-2)16(21)18-15-9-10-20(19-15)11-12-5-7-14(17)8-6-12/h5-10,13H,3-4,11H2,1-2H3,(H,18,19,21). The van der Waals surface area contributed by atoms with Crippen molar-refractivity contribution in [2.24, 2.45) is 5.92 Å². The van der Waals surface area contributed by atoms with Crippen LogP contribution in [0.5, 0.6) is 0 Å². The van der Waals surface area contributed by atoms with Gasteiger partial charge in [0.2, 0.25) is 5.91 Å². The summed E-state index contributed by atoms with van der Waals surface area (Å²) in [5.74, 6) is 0.684. The summed E-state index contributed by atoms with van der Waals surface area (Å²) in [7, 11) is 0. The van der Waals surface area contributed by atoms with Crippen molar-refractivity contribution in [2.75, 3.05) is 5.32 Å². The lowest BCUT2D eigenvalue weighted by Gasteiger charge is -2.10. The van der Waals surface area contributed by atoms with Crippen LogP contribution >= 0.6 is 11.6 Å². The Balaban J connectivity index is 1.98. The molecule has 0 aliphatic rings. The number of nitrogens with zero attached hydrogens (tertiary/aromatic N) is 2. The number of hydrogen-bond donors (Lipinski definition) is 1. The van der Waals surface area contributed by atoms with E-state index >= 15 is 0 Å². The molecule has 0 saturated heterocycles. The summed E-state index contributed by atoms with van der Waals surface area (Å²) in [6.07, 6.45) is 3.54. The van der Waals surface area contributed by atoms with Crippen LogP contribution in [0.4, 0.5) is 5.82 Å². The summed E-state index contributed by atoms with van der Waals surface area (Å²) in [5.41, 5.74) is 1.11. The second kappa shape index (κ2) is 7.27. The molecule has 112 valence electrons. The van der Waals surface area contributed by atoms with E-state index in [1.54, 1.807) is 4.68 Å². The molecule has 4 nitrogen and oxygen atoms in total. The minimum Gasteiger partial charge on any atom is -0.309 e. The van der Waals surface area contributed by atoms with Gasteiger partial charge in [-0.05, 0) is 30.5 Å². The molecule has 0 fully saturated rings. The fourth-order valence-corrected chi connectivity index (χ4v) is 2.31. The van der Waals surface area contributed by atoms with Gasteiger partial charge in [0.05, 0.1) is 6.54 Å². The molecule has 0 bridgehead atoms. The summed E-state index contributed by atoms with van der Waals surface area (Å²) >= 11 is 5.86. The van der Waals surface area contributed by atoms with Crippen LogP contribution in [0.3, 0.4) is 0 Å². The van der Waals surface area contributed by atoms with Gasteiger partial charge in [-0.15, -0.1) is 0 Å². The molecule has 1 aromatic carbocycles. The molecule has 0 spiro atoms. The van der Waals surface area contributed by atoms with Gasteiger partial charge < -0.3 is 5.32 Å². The van der Waals surface area contributed by atoms with Crippen LogP contribution in [0.2, 0.25) is 5.02 Å². The molecule has 21 heavy (non-hydrogen) atoms. The summed E-state index contributed by atoms with van der Waals surface area (Å²) < 4.78 is 1.80. The van der Waals surface area contributed by atoms with Gasteiger partial charge in [-0.2, -0.15) is 5.10 Å². The SMILES string of the molecule is CCC(CC)C(=O)Nc1ccn(Cc2ccc(Cl)cc2)n1. The van der Waals surface area contributed by atoms with Gasteiger partial charge in [-0.25, -0.2) is 0 Å². The van der Waals surface area contributed by atoms with Gasteiger partial charge in [0.25, 0.3) is 0 Å². The lowest BCUT2D eigenvalue weighted by atomic mass is 10.0. The zero-order chi connectivity index (χ0) is 15.2. The third kappa shape index (κ3) is 4.33. The first-order chi connectivity index (χ1) is 10.1. The molecular weight excluding hydrogens is 286 g/mol. The molecule has 1 N–H and O–H groups in total. The number of halogens is 1. The summed E-state index contributed by atoms with van der Waals surface area (Å²) in [6, 6.07) is 9.46. The monoisotopic (exact) mass is 305 g/mol. The Hall–Kier alpha value is -1.81. The normalized spacial score (nSPS) is 10.9. The van der Waals surface area contributed by atoms with E-state index in [2.05, 4.69) is 10.4 Å². The molecule has 2 aromatic rings. The smallest absolute Gasteiger partial charge is 0.228 e. The van der Waals surface area contributed by atoms with Crippen LogP contribution in [0.25, 0.3) is 0 Å². The Morgan fingerprint density at radius 1 is 1.24 bits per heavy atom. The minimum absolute atomic E-state index is 0.0387. The van der Waals surface area contributed by atoms with E-state index in [1.807, 2.05) is 50.4 Å². The van der Waals surface area contributed by atoms with Crippen LogP contribution in [0, 0.1) is 5.92 Å². The first kappa shape index (κ1) is 15.6. The average molecular weight is 306 g/mol. The van der Waals surface area contributed by atoms with Crippen molar-refractivity contribution in [3.05, 3.63) is 47.1 Å². The van der Waals surface area contributed by atoms with Crippen molar-refractivity contribution in [1.82, 2.24) is 9.78 Å². The number of benzene rings is 1. The predicted molar refractivity (Wildman–Crippen MR) is 85.5 cm³/mol. The number of carbonyl (C=O) groups excluding carboxylic acids is 1. The maximum Gasteiger partial charge on any atom is 0.228 e. The van der Waals surface area contributed by atoms with Crippen molar-refractivity contribution < 1.29 is 4.79 Å². The highest BCUT2D eigenvalue weighted by molar-refractivity contribution is 6.30. The van der Waals surface area contributed by atoms with E-state index < -0.39 is 0 Å². The Morgan fingerprint density at radius 2 is 1.90 bits per heavy atom. The fraction of sp³-hybridized carbons (Fsp3) is 0.375. The third-order valence-electron chi connectivity index (χ3n) is 3.51. The quantitative estimate of drug-likeness (QED) is 0.878. The molecule has 0 atom stereocenters. The molecule has 1 amide bonds. The van der Waals surface area contributed by atoms with Crippen LogP contribution < -0.4 is 5.32 Å². The van der Waals surface area contributed by atoms with Crippen molar-refractivity contribution in [3.8, 4) is 0 Å². The van der Waals surface area contributed by atoms with Gasteiger partial charge in [0.15, 0.2) is 5.82 Å². The van der Waals surface area contributed by atoms with E-state index in [1.165, 1.54) is 0 Å². The Bertz CT molecular complexity index is 588. The van der Waals surface area contributed by atoms with Crippen LogP contribution in [-0.2, 0) is 11.3 Å². The molecule has 5 heteroatoms. The minimum atomic E-state index is 0.0387. The van der Waals surface area contributed by atoms with E-state index in [0.29, 0.717) is 12.4 Å². The van der Waals surface area contributed by atoms with Gasteiger partial charge in [0, 0.05) is 23.2 Å². The number of amides is 1. The second-order valence-electron chi connectivity index (χ2n) is 5.03. The highest BCUT2D eigenvalue weighted by Crippen LogP contribution is 2.13. The Labute approximate surface area is 130 Å². The van der Waals surface area contributed by atoms with Crippen LogP contribution in [0.1, 0.15) is 32.3 Å².